The number of hydrogen-bond donors (Lipinski definition) is 0. The van der Waals surface area contributed by atoms with Gasteiger partial charge in [-0.2, -0.15) is 0 Å². The molecule has 0 spiro atoms. The van der Waals surface area contributed by atoms with E-state index in [4.69, 9.17) is 4.52 Å². The van der Waals surface area contributed by atoms with Gasteiger partial charge in [-0.05, 0) is 53.8 Å². The maximum absolute atomic E-state index is 12.1. The lowest BCUT2D eigenvalue weighted by atomic mass is 9.84. The molecule has 4 rings (SSSR count). The number of rotatable bonds is 2. The van der Waals surface area contributed by atoms with Crippen molar-refractivity contribution in [3.63, 3.8) is 0 Å². The fourth-order valence-electron chi connectivity index (χ4n) is 3.37. The number of hydrogen-bond acceptors (Lipinski definition) is 3. The second-order valence-corrected chi connectivity index (χ2v) is 6.14. The molecule has 118 valence electrons. The van der Waals surface area contributed by atoms with Gasteiger partial charge in [-0.1, -0.05) is 47.6 Å². The Hall–Kier alpha value is -2.94. The third-order valence-corrected chi connectivity index (χ3v) is 4.48. The topological polar surface area (TPSA) is 43.1 Å². The van der Waals surface area contributed by atoms with E-state index in [1.165, 1.54) is 0 Å². The number of carbonyl (C=O) groups is 1. The first-order valence-corrected chi connectivity index (χ1v) is 8.00. The fraction of sp³-hybridized carbons (Fsp3) is 0.143. The van der Waals surface area contributed by atoms with Gasteiger partial charge in [0, 0.05) is 12.0 Å². The molecule has 0 radical (unpaired) electrons. The van der Waals surface area contributed by atoms with E-state index < -0.39 is 0 Å². The van der Waals surface area contributed by atoms with E-state index in [0.29, 0.717) is 6.42 Å². The Morgan fingerprint density at radius 2 is 1.79 bits per heavy atom. The first-order chi connectivity index (χ1) is 11.6. The molecule has 0 fully saturated rings. The summed E-state index contributed by atoms with van der Waals surface area (Å²) in [6, 6.07) is 16.3. The van der Waals surface area contributed by atoms with Crippen LogP contribution in [0.15, 0.2) is 59.1 Å². The first kappa shape index (κ1) is 14.6. The average Bonchev–Trinajstić information content (AvgIpc) is 2.93. The molecule has 1 aliphatic rings. The molecule has 1 aromatic heterocycles. The van der Waals surface area contributed by atoms with Crippen molar-refractivity contribution >= 4 is 11.4 Å². The Labute approximate surface area is 140 Å². The van der Waals surface area contributed by atoms with Crippen molar-refractivity contribution in [2.45, 2.75) is 20.3 Å². The summed E-state index contributed by atoms with van der Waals surface area (Å²) < 4.78 is 5.30. The van der Waals surface area contributed by atoms with Gasteiger partial charge in [0.2, 0.25) is 0 Å². The molecule has 2 aromatic carbocycles. The third kappa shape index (κ3) is 2.38. The number of benzene rings is 2. The Bertz CT molecular complexity index is 945. The van der Waals surface area contributed by atoms with Crippen LogP contribution < -0.4 is 0 Å². The van der Waals surface area contributed by atoms with Crippen LogP contribution in [0.3, 0.4) is 0 Å². The second-order valence-electron chi connectivity index (χ2n) is 6.14. The normalized spacial score (nSPS) is 13.6. The van der Waals surface area contributed by atoms with Crippen LogP contribution in [0, 0.1) is 13.8 Å². The molecule has 0 saturated heterocycles. The van der Waals surface area contributed by atoms with Crippen LogP contribution in [0.2, 0.25) is 0 Å². The zero-order valence-electron chi connectivity index (χ0n) is 13.7. The van der Waals surface area contributed by atoms with Gasteiger partial charge >= 0.3 is 0 Å². The monoisotopic (exact) mass is 315 g/mol. The molecular formula is C21H17NO2. The molecular weight excluding hydrogens is 298 g/mol. The van der Waals surface area contributed by atoms with E-state index in [0.717, 1.165) is 44.8 Å². The molecule has 0 atom stereocenters. The van der Waals surface area contributed by atoms with Crippen molar-refractivity contribution in [1.82, 2.24) is 5.16 Å². The highest BCUT2D eigenvalue weighted by Crippen LogP contribution is 2.35. The standard InChI is InChI=1S/C21H17NO2/c1-13-21(14(2)24-22-13)17-9-8-16-10-18(23)12-20(19(16)11-17)15-6-4-3-5-7-15/h3-9,11-12H,10H2,1-2H3. The summed E-state index contributed by atoms with van der Waals surface area (Å²) in [5.41, 5.74) is 7.20. The Kier molecular flexibility index (Phi) is 3.42. The highest BCUT2D eigenvalue weighted by atomic mass is 16.5. The molecule has 3 nitrogen and oxygen atoms in total. The number of fused-ring (bicyclic) bond motifs is 1. The molecule has 3 aromatic rings. The minimum atomic E-state index is 0.145. The zero-order valence-corrected chi connectivity index (χ0v) is 13.7. The van der Waals surface area contributed by atoms with E-state index in [2.05, 4.69) is 11.2 Å². The van der Waals surface area contributed by atoms with Crippen molar-refractivity contribution in [3.8, 4) is 11.1 Å². The Morgan fingerprint density at radius 1 is 1.00 bits per heavy atom. The van der Waals surface area contributed by atoms with Crippen LogP contribution in [-0.4, -0.2) is 10.9 Å². The lowest BCUT2D eigenvalue weighted by molar-refractivity contribution is -0.114. The summed E-state index contributed by atoms with van der Waals surface area (Å²) >= 11 is 0. The number of ketones is 1. The quantitative estimate of drug-likeness (QED) is 0.698. The summed E-state index contributed by atoms with van der Waals surface area (Å²) in [7, 11) is 0. The van der Waals surface area contributed by atoms with Gasteiger partial charge in [0.05, 0.1) is 5.69 Å². The highest BCUT2D eigenvalue weighted by Gasteiger charge is 2.21. The van der Waals surface area contributed by atoms with Crippen LogP contribution in [0.25, 0.3) is 16.7 Å². The third-order valence-electron chi connectivity index (χ3n) is 4.48. The number of nitrogens with zero attached hydrogens (tertiary/aromatic N) is 1. The Balaban J connectivity index is 1.90. The van der Waals surface area contributed by atoms with Crippen molar-refractivity contribution in [2.24, 2.45) is 0 Å². The minimum Gasteiger partial charge on any atom is -0.361 e. The number of aromatic nitrogens is 1. The maximum atomic E-state index is 12.1. The van der Waals surface area contributed by atoms with Crippen LogP contribution in [-0.2, 0) is 11.2 Å². The van der Waals surface area contributed by atoms with E-state index in [1.54, 1.807) is 6.08 Å². The molecule has 1 aliphatic carbocycles. The van der Waals surface area contributed by atoms with Crippen molar-refractivity contribution in [2.75, 3.05) is 0 Å². The largest absolute Gasteiger partial charge is 0.361 e. The fourth-order valence-corrected chi connectivity index (χ4v) is 3.37. The van der Waals surface area contributed by atoms with Crippen LogP contribution in [0.4, 0.5) is 0 Å². The molecule has 24 heavy (non-hydrogen) atoms. The van der Waals surface area contributed by atoms with Gasteiger partial charge in [-0.25, -0.2) is 0 Å². The predicted molar refractivity (Wildman–Crippen MR) is 93.6 cm³/mol. The van der Waals surface area contributed by atoms with Gasteiger partial charge in [-0.3, -0.25) is 4.79 Å². The van der Waals surface area contributed by atoms with Gasteiger partial charge in [-0.15, -0.1) is 0 Å². The van der Waals surface area contributed by atoms with Gasteiger partial charge in [0.25, 0.3) is 0 Å². The van der Waals surface area contributed by atoms with Gasteiger partial charge in [0.15, 0.2) is 5.78 Å². The summed E-state index contributed by atoms with van der Waals surface area (Å²) in [4.78, 5) is 12.1. The molecule has 0 aliphatic heterocycles. The minimum absolute atomic E-state index is 0.145. The SMILES string of the molecule is Cc1noc(C)c1-c1ccc2c(c1)C(c1ccccc1)=CC(=O)C2. The van der Waals surface area contributed by atoms with Crippen molar-refractivity contribution in [1.29, 1.82) is 0 Å². The van der Waals surface area contributed by atoms with Crippen molar-refractivity contribution < 1.29 is 9.32 Å². The average molecular weight is 315 g/mol. The van der Waals surface area contributed by atoms with E-state index in [1.807, 2.05) is 56.3 Å². The predicted octanol–water partition coefficient (Wildman–Crippen LogP) is 4.52. The number of allylic oxidation sites excluding steroid dienone is 1. The summed E-state index contributed by atoms with van der Waals surface area (Å²) in [5, 5.41) is 4.05. The highest BCUT2D eigenvalue weighted by molar-refractivity contribution is 6.05. The smallest absolute Gasteiger partial charge is 0.160 e. The lowest BCUT2D eigenvalue weighted by Gasteiger charge is -2.19. The van der Waals surface area contributed by atoms with Gasteiger partial charge in [0.1, 0.15) is 5.76 Å². The van der Waals surface area contributed by atoms with Crippen LogP contribution in [0.5, 0.6) is 0 Å². The maximum Gasteiger partial charge on any atom is 0.160 e. The van der Waals surface area contributed by atoms with E-state index in [9.17, 15) is 4.79 Å². The first-order valence-electron chi connectivity index (χ1n) is 8.00. The van der Waals surface area contributed by atoms with E-state index >= 15 is 0 Å². The van der Waals surface area contributed by atoms with E-state index in [-0.39, 0.29) is 5.78 Å². The second kappa shape index (κ2) is 5.60. The number of carbonyl (C=O) groups excluding carboxylic acids is 1. The molecule has 1 heterocycles. The summed E-state index contributed by atoms with van der Waals surface area (Å²) in [6.45, 7) is 3.87. The number of aryl methyl sites for hydroxylation is 2. The lowest BCUT2D eigenvalue weighted by Crippen LogP contribution is -2.10. The van der Waals surface area contributed by atoms with Crippen LogP contribution in [0.1, 0.15) is 28.1 Å². The Morgan fingerprint density at radius 3 is 2.50 bits per heavy atom. The summed E-state index contributed by atoms with van der Waals surface area (Å²) in [6.07, 6.45) is 2.21. The van der Waals surface area contributed by atoms with Crippen LogP contribution >= 0.6 is 0 Å². The van der Waals surface area contributed by atoms with Gasteiger partial charge < -0.3 is 4.52 Å². The molecule has 0 N–H and O–H groups in total. The summed E-state index contributed by atoms with van der Waals surface area (Å²) in [5.74, 6) is 0.955. The molecule has 0 amide bonds. The van der Waals surface area contributed by atoms with Crippen molar-refractivity contribution in [3.05, 3.63) is 82.8 Å². The molecule has 0 saturated carbocycles. The molecule has 0 bridgehead atoms. The molecule has 0 unspecified atom stereocenters. The molecule has 3 heteroatoms. The zero-order chi connectivity index (χ0) is 16.7.